The highest BCUT2D eigenvalue weighted by Crippen LogP contribution is 2.39. The third-order valence-corrected chi connectivity index (χ3v) is 15.1. The van der Waals surface area contributed by atoms with Gasteiger partial charge in [-0.3, -0.25) is 34.2 Å². The van der Waals surface area contributed by atoms with Gasteiger partial charge in [-0.25, -0.2) is 13.4 Å². The van der Waals surface area contributed by atoms with E-state index < -0.39 is 44.8 Å². The number of amides is 5. The molecular weight excluding hydrogens is 982 g/mol. The van der Waals surface area contributed by atoms with E-state index in [9.17, 15) is 32.4 Å². The molecule has 392 valence electrons. The SMILES string of the molecule is Cc1cc(Nc2ncc(Cl)c(Nc3ccccc3S(=O)(=O)C(C)C)n2)c(OC(C)C)cc1C1CCN(CCC(=O)NCOCCOCCOCCNc2cccc3c2C(=O)N(C2CCC(=O)NC2=O)C3=O)CC1. The quantitative estimate of drug-likeness (QED) is 0.0286. The molecular formula is C51H64ClN9O11S. The Labute approximate surface area is 430 Å². The molecule has 1 atom stereocenters. The minimum atomic E-state index is -3.59. The van der Waals surface area contributed by atoms with Crippen LogP contribution < -0.4 is 31.3 Å². The Morgan fingerprint density at radius 1 is 0.863 bits per heavy atom. The van der Waals surface area contributed by atoms with Crippen molar-refractivity contribution in [2.24, 2.45) is 0 Å². The standard InChI is InChI=1S/C51H64ClN9O11S/c1-31(2)72-42-28-36(33(5)27-40(42)57-51-54-29-37(52)47(59-51)56-38-10-6-7-12-43(38)73(67,68)32(3)4)34-15-19-60(20-16-34)21-17-44(62)55-30-71-26-25-70-24-23-69-22-18-53-39-11-8-9-35-46(39)50(66)61(49(35)65)41-13-14-45(63)58-48(41)64/h6-12,27-29,31-32,34,41,53H,13-26,30H2,1-5H3,(H,55,62)(H,58,63,64)(H2,54,56,57,59). The van der Waals surface area contributed by atoms with Crippen LogP contribution in [0.25, 0.3) is 0 Å². The maximum Gasteiger partial charge on any atom is 0.264 e. The van der Waals surface area contributed by atoms with Crippen LogP contribution in [0.2, 0.25) is 5.02 Å². The lowest BCUT2D eigenvalue weighted by Crippen LogP contribution is -2.54. The number of hydrogen-bond acceptors (Lipinski definition) is 17. The summed E-state index contributed by atoms with van der Waals surface area (Å²) in [5.74, 6) is -0.896. The van der Waals surface area contributed by atoms with Gasteiger partial charge in [-0.2, -0.15) is 4.98 Å². The van der Waals surface area contributed by atoms with Crippen molar-refractivity contribution in [2.75, 3.05) is 81.9 Å². The molecule has 0 radical (unpaired) electrons. The molecule has 3 aliphatic rings. The first-order valence-corrected chi connectivity index (χ1v) is 26.5. The molecule has 22 heteroatoms. The summed E-state index contributed by atoms with van der Waals surface area (Å²) >= 11 is 6.51. The second-order valence-electron chi connectivity index (χ2n) is 18.4. The van der Waals surface area contributed by atoms with Crippen molar-refractivity contribution in [3.8, 4) is 5.75 Å². The molecule has 73 heavy (non-hydrogen) atoms. The van der Waals surface area contributed by atoms with Crippen LogP contribution >= 0.6 is 11.6 Å². The van der Waals surface area contributed by atoms with E-state index in [2.05, 4.69) is 54.4 Å². The fraction of sp³-hybridized carbons (Fsp3) is 0.471. The lowest BCUT2D eigenvalue weighted by molar-refractivity contribution is -0.136. The van der Waals surface area contributed by atoms with Gasteiger partial charge in [0.2, 0.25) is 23.7 Å². The zero-order valence-corrected chi connectivity index (χ0v) is 43.3. The van der Waals surface area contributed by atoms with Gasteiger partial charge >= 0.3 is 0 Å². The number of nitrogens with one attached hydrogen (secondary N) is 5. The summed E-state index contributed by atoms with van der Waals surface area (Å²) in [5.41, 5.74) is 4.15. The highest BCUT2D eigenvalue weighted by atomic mass is 35.5. The van der Waals surface area contributed by atoms with Crippen molar-refractivity contribution >= 4 is 79.8 Å². The molecule has 2 fully saturated rings. The number of anilines is 5. The summed E-state index contributed by atoms with van der Waals surface area (Å²) in [7, 11) is -3.59. The molecule has 3 aliphatic heterocycles. The number of carbonyl (C=O) groups is 5. The Morgan fingerprint density at radius 2 is 1.58 bits per heavy atom. The van der Waals surface area contributed by atoms with Crippen LogP contribution in [0.5, 0.6) is 5.75 Å². The van der Waals surface area contributed by atoms with Gasteiger partial charge in [0.15, 0.2) is 15.7 Å². The Bertz CT molecular complexity index is 2770. The minimum absolute atomic E-state index is 0.0478. The first-order chi connectivity index (χ1) is 35.0. The predicted molar refractivity (Wildman–Crippen MR) is 275 cm³/mol. The highest BCUT2D eigenvalue weighted by molar-refractivity contribution is 7.92. The molecule has 0 aliphatic carbocycles. The molecule has 20 nitrogen and oxygen atoms in total. The summed E-state index contributed by atoms with van der Waals surface area (Å²) in [6.45, 7) is 13.5. The second-order valence-corrected chi connectivity index (χ2v) is 21.3. The van der Waals surface area contributed by atoms with Gasteiger partial charge in [-0.05, 0) is 120 Å². The van der Waals surface area contributed by atoms with E-state index in [1.54, 1.807) is 56.3 Å². The van der Waals surface area contributed by atoms with Crippen molar-refractivity contribution < 1.29 is 51.3 Å². The number of imide groups is 2. The van der Waals surface area contributed by atoms with Gasteiger partial charge in [-0.15, -0.1) is 0 Å². The Hall–Kier alpha value is -6.23. The first-order valence-electron chi connectivity index (χ1n) is 24.5. The van der Waals surface area contributed by atoms with Crippen LogP contribution in [0.4, 0.5) is 28.8 Å². The number of fused-ring (bicyclic) bond motifs is 1. The molecule has 2 saturated heterocycles. The number of piperidine rings is 2. The molecule has 0 bridgehead atoms. The van der Waals surface area contributed by atoms with E-state index in [-0.39, 0.29) is 71.0 Å². The predicted octanol–water partition coefficient (Wildman–Crippen LogP) is 6.10. The molecule has 4 aromatic rings. The molecule has 0 spiro atoms. The number of aromatic nitrogens is 2. The number of halogens is 1. The maximum atomic E-state index is 13.3. The van der Waals surface area contributed by atoms with Gasteiger partial charge in [-0.1, -0.05) is 29.8 Å². The molecule has 3 aromatic carbocycles. The first kappa shape index (κ1) is 54.5. The average Bonchev–Trinajstić information content (AvgIpc) is 3.61. The number of aryl methyl sites for hydroxylation is 1. The number of ether oxygens (including phenoxy) is 4. The van der Waals surface area contributed by atoms with Crippen LogP contribution in [0.1, 0.15) is 97.6 Å². The minimum Gasteiger partial charge on any atom is -0.489 e. The van der Waals surface area contributed by atoms with E-state index in [0.717, 1.165) is 36.4 Å². The topological polar surface area (TPSA) is 249 Å². The molecule has 7 rings (SSSR count). The number of likely N-dealkylation sites (tertiary alicyclic amines) is 1. The van der Waals surface area contributed by atoms with Crippen LogP contribution in [-0.4, -0.2) is 141 Å². The number of hydrogen-bond donors (Lipinski definition) is 5. The average molecular weight is 1050 g/mol. The Balaban J connectivity index is 0.771. The Kier molecular flexibility index (Phi) is 18.8. The maximum absolute atomic E-state index is 13.3. The number of benzene rings is 3. The molecule has 1 unspecified atom stereocenters. The van der Waals surface area contributed by atoms with Gasteiger partial charge < -0.3 is 45.1 Å². The van der Waals surface area contributed by atoms with Gasteiger partial charge in [0.05, 0.1) is 78.0 Å². The van der Waals surface area contributed by atoms with E-state index in [1.165, 1.54) is 11.8 Å². The van der Waals surface area contributed by atoms with E-state index in [1.807, 2.05) is 19.9 Å². The normalized spacial score (nSPS) is 16.5. The summed E-state index contributed by atoms with van der Waals surface area (Å²) < 4.78 is 49.3. The van der Waals surface area contributed by atoms with E-state index in [4.69, 9.17) is 30.5 Å². The van der Waals surface area contributed by atoms with Crippen LogP contribution in [0, 0.1) is 6.92 Å². The van der Waals surface area contributed by atoms with Crippen molar-refractivity contribution in [3.05, 3.63) is 88.1 Å². The van der Waals surface area contributed by atoms with Crippen molar-refractivity contribution in [3.63, 3.8) is 0 Å². The molecule has 5 amide bonds. The fourth-order valence-corrected chi connectivity index (χ4v) is 10.1. The molecule has 5 N–H and O–H groups in total. The summed E-state index contributed by atoms with van der Waals surface area (Å²) in [4.78, 5) is 75.3. The second kappa shape index (κ2) is 25.1. The number of rotatable bonds is 25. The third kappa shape index (κ3) is 13.9. The van der Waals surface area contributed by atoms with Gasteiger partial charge in [0.1, 0.15) is 23.5 Å². The highest BCUT2D eigenvalue weighted by Gasteiger charge is 2.45. The number of carbonyl (C=O) groups excluding carboxylic acids is 5. The summed E-state index contributed by atoms with van der Waals surface area (Å²) in [6, 6.07) is 14.6. The Morgan fingerprint density at radius 3 is 2.30 bits per heavy atom. The smallest absolute Gasteiger partial charge is 0.264 e. The zero-order chi connectivity index (χ0) is 52.2. The summed E-state index contributed by atoms with van der Waals surface area (Å²) in [5, 5.41) is 14.1. The monoisotopic (exact) mass is 1050 g/mol. The molecule has 1 aromatic heterocycles. The van der Waals surface area contributed by atoms with Crippen molar-refractivity contribution in [1.29, 1.82) is 0 Å². The summed E-state index contributed by atoms with van der Waals surface area (Å²) in [6.07, 6.45) is 3.65. The number of para-hydroxylation sites is 1. The van der Waals surface area contributed by atoms with Crippen molar-refractivity contribution in [1.82, 2.24) is 30.4 Å². The lowest BCUT2D eigenvalue weighted by atomic mass is 9.86. The zero-order valence-electron chi connectivity index (χ0n) is 41.8. The van der Waals surface area contributed by atoms with E-state index in [0.29, 0.717) is 74.7 Å². The largest absolute Gasteiger partial charge is 0.489 e. The van der Waals surface area contributed by atoms with Crippen LogP contribution in [0.3, 0.4) is 0 Å². The van der Waals surface area contributed by atoms with E-state index >= 15 is 0 Å². The van der Waals surface area contributed by atoms with Crippen LogP contribution in [0.15, 0.2) is 65.7 Å². The lowest BCUT2D eigenvalue weighted by Gasteiger charge is -2.33. The van der Waals surface area contributed by atoms with Gasteiger partial charge in [0.25, 0.3) is 11.8 Å². The number of sulfone groups is 1. The molecule has 4 heterocycles. The van der Waals surface area contributed by atoms with Gasteiger partial charge in [0, 0.05) is 31.6 Å². The van der Waals surface area contributed by atoms with Crippen LogP contribution in [-0.2, 0) is 38.4 Å². The fourth-order valence-electron chi connectivity index (χ4n) is 8.81. The van der Waals surface area contributed by atoms with Crippen molar-refractivity contribution in [2.45, 2.75) is 94.9 Å². The molecule has 0 saturated carbocycles. The third-order valence-electron chi connectivity index (χ3n) is 12.6. The number of nitrogens with zero attached hydrogens (tertiary/aromatic N) is 4.